The average molecular weight is 318 g/mol. The highest BCUT2D eigenvalue weighted by Gasteiger charge is 2.35. The second kappa shape index (κ2) is 7.42. The first-order valence-electron chi connectivity index (χ1n) is 7.75. The number of piperazine rings is 1. The lowest BCUT2D eigenvalue weighted by atomic mass is 9.96. The van der Waals surface area contributed by atoms with Crippen LogP contribution in [0.2, 0.25) is 0 Å². The summed E-state index contributed by atoms with van der Waals surface area (Å²) in [7, 11) is 0. The highest BCUT2D eigenvalue weighted by molar-refractivity contribution is 5.29. The molecule has 6 heteroatoms. The lowest BCUT2D eigenvalue weighted by molar-refractivity contribution is -0.140. The number of alkyl halides is 3. The molecule has 1 aromatic carbocycles. The van der Waals surface area contributed by atoms with E-state index in [1.54, 1.807) is 0 Å². The molecule has 0 aromatic heterocycles. The summed E-state index contributed by atoms with van der Waals surface area (Å²) in [6, 6.07) is 3.34. The minimum atomic E-state index is -4.65. The molecule has 0 saturated carbocycles. The third-order valence-corrected chi connectivity index (χ3v) is 4.10. The summed E-state index contributed by atoms with van der Waals surface area (Å²) in [6.07, 6.45) is -1.94. The Morgan fingerprint density at radius 2 is 1.91 bits per heavy atom. The first kappa shape index (κ1) is 17.2. The Labute approximate surface area is 128 Å². The maximum absolute atomic E-state index is 13.5. The van der Waals surface area contributed by atoms with Crippen LogP contribution in [-0.2, 0) is 6.18 Å². The zero-order chi connectivity index (χ0) is 16.2. The van der Waals surface area contributed by atoms with Crippen molar-refractivity contribution in [1.29, 1.82) is 0 Å². The van der Waals surface area contributed by atoms with Crippen molar-refractivity contribution >= 4 is 0 Å². The normalized spacial score (nSPS) is 18.4. The number of hydrogen-bond acceptors (Lipinski definition) is 2. The van der Waals surface area contributed by atoms with Crippen molar-refractivity contribution in [3.05, 3.63) is 35.1 Å². The Morgan fingerprint density at radius 3 is 2.50 bits per heavy atom. The van der Waals surface area contributed by atoms with Gasteiger partial charge in [-0.25, -0.2) is 4.39 Å². The quantitative estimate of drug-likeness (QED) is 0.826. The predicted octanol–water partition coefficient (Wildman–Crippen LogP) is 3.98. The minimum absolute atomic E-state index is 0.0799. The van der Waals surface area contributed by atoms with E-state index < -0.39 is 17.6 Å². The van der Waals surface area contributed by atoms with E-state index in [-0.39, 0.29) is 6.04 Å². The molecule has 2 nitrogen and oxygen atoms in total. The number of nitrogens with zero attached hydrogens (tertiary/aromatic N) is 1. The van der Waals surface area contributed by atoms with Gasteiger partial charge in [0.25, 0.3) is 0 Å². The van der Waals surface area contributed by atoms with Crippen molar-refractivity contribution in [1.82, 2.24) is 10.2 Å². The summed E-state index contributed by atoms with van der Waals surface area (Å²) < 4.78 is 52.2. The lowest BCUT2D eigenvalue weighted by Crippen LogP contribution is -2.45. The van der Waals surface area contributed by atoms with Crippen LogP contribution in [-0.4, -0.2) is 31.1 Å². The van der Waals surface area contributed by atoms with Crippen molar-refractivity contribution in [2.24, 2.45) is 0 Å². The maximum Gasteiger partial charge on any atom is 0.419 e. The van der Waals surface area contributed by atoms with Crippen LogP contribution < -0.4 is 5.32 Å². The van der Waals surface area contributed by atoms with Gasteiger partial charge in [0, 0.05) is 32.2 Å². The molecule has 1 saturated heterocycles. The standard InChI is InChI=1S/C16H22F4N2/c1-2-3-4-15(22-9-7-21-8-10-22)12-5-6-14(17)13(11-12)16(18,19)20/h5-6,11,15,21H,2-4,7-10H2,1H3/t15-/m0/s1. The number of halogens is 4. The van der Waals surface area contributed by atoms with Gasteiger partial charge in [-0.05, 0) is 24.1 Å². The van der Waals surface area contributed by atoms with E-state index in [1.165, 1.54) is 6.07 Å². The molecule has 0 bridgehead atoms. The smallest absolute Gasteiger partial charge is 0.314 e. The van der Waals surface area contributed by atoms with Gasteiger partial charge in [0.15, 0.2) is 0 Å². The first-order valence-corrected chi connectivity index (χ1v) is 7.75. The summed E-state index contributed by atoms with van der Waals surface area (Å²) in [4.78, 5) is 2.19. The summed E-state index contributed by atoms with van der Waals surface area (Å²) in [6.45, 7) is 5.31. The second-order valence-corrected chi connectivity index (χ2v) is 5.68. The largest absolute Gasteiger partial charge is 0.419 e. The number of unbranched alkanes of at least 4 members (excludes halogenated alkanes) is 1. The third-order valence-electron chi connectivity index (χ3n) is 4.10. The highest BCUT2D eigenvalue weighted by atomic mass is 19.4. The van der Waals surface area contributed by atoms with Gasteiger partial charge in [-0.2, -0.15) is 13.2 Å². The van der Waals surface area contributed by atoms with Gasteiger partial charge in [0.05, 0.1) is 5.56 Å². The summed E-state index contributed by atoms with van der Waals surface area (Å²) in [5.74, 6) is -1.20. The molecule has 1 N–H and O–H groups in total. The first-order chi connectivity index (χ1) is 10.4. The molecule has 1 heterocycles. The van der Waals surface area contributed by atoms with Crippen LogP contribution in [0.3, 0.4) is 0 Å². The van der Waals surface area contributed by atoms with Gasteiger partial charge < -0.3 is 5.32 Å². The maximum atomic E-state index is 13.5. The van der Waals surface area contributed by atoms with Crippen molar-refractivity contribution in [3.8, 4) is 0 Å². The van der Waals surface area contributed by atoms with Crippen molar-refractivity contribution in [2.45, 2.75) is 38.4 Å². The molecule has 2 rings (SSSR count). The molecule has 124 valence electrons. The lowest BCUT2D eigenvalue weighted by Gasteiger charge is -2.35. The van der Waals surface area contributed by atoms with Crippen molar-refractivity contribution < 1.29 is 17.6 Å². The number of nitrogens with one attached hydrogen (secondary N) is 1. The Bertz CT molecular complexity index is 482. The summed E-state index contributed by atoms with van der Waals surface area (Å²) >= 11 is 0. The molecule has 1 aliphatic rings. The van der Waals surface area contributed by atoms with E-state index in [0.717, 1.165) is 57.6 Å². The summed E-state index contributed by atoms with van der Waals surface area (Å²) in [5, 5.41) is 3.24. The Morgan fingerprint density at radius 1 is 1.23 bits per heavy atom. The molecule has 0 spiro atoms. The number of benzene rings is 1. The van der Waals surface area contributed by atoms with E-state index >= 15 is 0 Å². The fourth-order valence-electron chi connectivity index (χ4n) is 2.92. The molecule has 22 heavy (non-hydrogen) atoms. The van der Waals surface area contributed by atoms with Crippen molar-refractivity contribution in [2.75, 3.05) is 26.2 Å². The second-order valence-electron chi connectivity index (χ2n) is 5.68. The minimum Gasteiger partial charge on any atom is -0.314 e. The van der Waals surface area contributed by atoms with Gasteiger partial charge in [-0.15, -0.1) is 0 Å². The van der Waals surface area contributed by atoms with Gasteiger partial charge in [0.1, 0.15) is 5.82 Å². The molecule has 1 atom stereocenters. The van der Waals surface area contributed by atoms with Crippen LogP contribution >= 0.6 is 0 Å². The van der Waals surface area contributed by atoms with Crippen LogP contribution in [0.4, 0.5) is 17.6 Å². The predicted molar refractivity (Wildman–Crippen MR) is 78.1 cm³/mol. The Hall–Kier alpha value is -1.14. The topological polar surface area (TPSA) is 15.3 Å². The fourth-order valence-corrected chi connectivity index (χ4v) is 2.92. The highest BCUT2D eigenvalue weighted by Crippen LogP contribution is 2.35. The van der Waals surface area contributed by atoms with Crippen molar-refractivity contribution in [3.63, 3.8) is 0 Å². The molecule has 1 fully saturated rings. The van der Waals surface area contributed by atoms with Crippen LogP contribution in [0.15, 0.2) is 18.2 Å². The van der Waals surface area contributed by atoms with E-state index in [1.807, 2.05) is 0 Å². The molecule has 0 radical (unpaired) electrons. The molecular weight excluding hydrogens is 296 g/mol. The van der Waals surface area contributed by atoms with Gasteiger partial charge in [-0.3, -0.25) is 4.90 Å². The third kappa shape index (κ3) is 4.20. The number of hydrogen-bond donors (Lipinski definition) is 1. The van der Waals surface area contributed by atoms with E-state index in [0.29, 0.717) is 5.56 Å². The van der Waals surface area contributed by atoms with E-state index in [4.69, 9.17) is 0 Å². The Balaban J connectivity index is 2.30. The molecule has 0 aliphatic carbocycles. The van der Waals surface area contributed by atoms with E-state index in [2.05, 4.69) is 17.1 Å². The van der Waals surface area contributed by atoms with Gasteiger partial charge in [0.2, 0.25) is 0 Å². The van der Waals surface area contributed by atoms with Crippen LogP contribution in [0.5, 0.6) is 0 Å². The SMILES string of the molecule is CCCC[C@@H](c1ccc(F)c(C(F)(F)F)c1)N1CCNCC1. The molecular formula is C16H22F4N2. The zero-order valence-electron chi connectivity index (χ0n) is 12.7. The zero-order valence-corrected chi connectivity index (χ0v) is 12.7. The van der Waals surface area contributed by atoms with E-state index in [9.17, 15) is 17.6 Å². The van der Waals surface area contributed by atoms with Gasteiger partial charge in [-0.1, -0.05) is 25.8 Å². The number of rotatable bonds is 5. The fraction of sp³-hybridized carbons (Fsp3) is 0.625. The average Bonchev–Trinajstić information content (AvgIpc) is 2.49. The van der Waals surface area contributed by atoms with Gasteiger partial charge >= 0.3 is 6.18 Å². The molecule has 0 amide bonds. The Kier molecular flexibility index (Phi) is 5.81. The summed E-state index contributed by atoms with van der Waals surface area (Å²) in [5.41, 5.74) is -0.606. The molecule has 1 aliphatic heterocycles. The van der Waals surface area contributed by atoms with Crippen LogP contribution in [0.1, 0.15) is 43.4 Å². The van der Waals surface area contributed by atoms with Crippen LogP contribution in [0.25, 0.3) is 0 Å². The van der Waals surface area contributed by atoms with Crippen LogP contribution in [0, 0.1) is 5.82 Å². The molecule has 1 aromatic rings. The molecule has 0 unspecified atom stereocenters. The monoisotopic (exact) mass is 318 g/mol.